The van der Waals surface area contributed by atoms with Gasteiger partial charge < -0.3 is 5.11 Å². The molecule has 1 aliphatic carbocycles. The van der Waals surface area contributed by atoms with Crippen molar-refractivity contribution >= 4 is 17.7 Å². The van der Waals surface area contributed by atoms with Crippen LogP contribution in [0.15, 0.2) is 11.4 Å². The van der Waals surface area contributed by atoms with E-state index in [2.05, 4.69) is 21.8 Å². The molecule has 5 heteroatoms. The van der Waals surface area contributed by atoms with Crippen LogP contribution >= 0.6 is 11.8 Å². The zero-order valence-corrected chi connectivity index (χ0v) is 9.54. The summed E-state index contributed by atoms with van der Waals surface area (Å²) in [5.74, 6) is 5.22. The molecule has 0 amide bonds. The average Bonchev–Trinajstić information content (AvgIpc) is 3.09. The van der Waals surface area contributed by atoms with Gasteiger partial charge >= 0.3 is 5.97 Å². The van der Waals surface area contributed by atoms with E-state index in [1.54, 1.807) is 6.26 Å². The minimum Gasteiger partial charge on any atom is -0.476 e. The maximum Gasteiger partial charge on any atom is 0.355 e. The molecule has 1 aliphatic rings. The summed E-state index contributed by atoms with van der Waals surface area (Å²) >= 11 is 1.31. The van der Waals surface area contributed by atoms with E-state index in [4.69, 9.17) is 5.11 Å². The molecule has 4 nitrogen and oxygen atoms in total. The van der Waals surface area contributed by atoms with Crippen molar-refractivity contribution in [3.8, 4) is 11.8 Å². The van der Waals surface area contributed by atoms with Gasteiger partial charge in [0.25, 0.3) is 0 Å². The molecule has 0 aromatic carbocycles. The molecule has 0 unspecified atom stereocenters. The van der Waals surface area contributed by atoms with E-state index in [1.165, 1.54) is 18.0 Å². The van der Waals surface area contributed by atoms with E-state index in [0.29, 0.717) is 16.6 Å². The molecule has 0 radical (unpaired) electrons. The summed E-state index contributed by atoms with van der Waals surface area (Å²) in [6.07, 6.45) is 5.51. The summed E-state index contributed by atoms with van der Waals surface area (Å²) < 4.78 is 0. The molecule has 16 heavy (non-hydrogen) atoms. The zero-order chi connectivity index (χ0) is 11.5. The highest BCUT2D eigenvalue weighted by Gasteiger charge is 2.18. The van der Waals surface area contributed by atoms with Crippen molar-refractivity contribution in [3.05, 3.63) is 17.5 Å². The van der Waals surface area contributed by atoms with E-state index < -0.39 is 5.97 Å². The third kappa shape index (κ3) is 2.52. The fourth-order valence-electron chi connectivity index (χ4n) is 1.13. The second-order valence-corrected chi connectivity index (χ2v) is 4.24. The molecule has 0 saturated heterocycles. The molecule has 1 heterocycles. The van der Waals surface area contributed by atoms with Crippen LogP contribution in [-0.4, -0.2) is 27.3 Å². The van der Waals surface area contributed by atoms with Gasteiger partial charge in [0.2, 0.25) is 0 Å². The lowest BCUT2D eigenvalue weighted by Crippen LogP contribution is -2.06. The van der Waals surface area contributed by atoms with E-state index in [0.717, 1.165) is 12.8 Å². The highest BCUT2D eigenvalue weighted by Crippen LogP contribution is 2.27. The van der Waals surface area contributed by atoms with Gasteiger partial charge in [0.1, 0.15) is 0 Å². The standard InChI is InChI=1S/C11H10N2O2S/c1-16-11-12-6-8(5-4-7-2-3-7)9(13-11)10(14)15/h6-7H,2-3H2,1H3,(H,14,15). The minimum atomic E-state index is -1.06. The lowest BCUT2D eigenvalue weighted by molar-refractivity contribution is 0.0689. The van der Waals surface area contributed by atoms with Gasteiger partial charge in [-0.05, 0) is 19.1 Å². The number of hydrogen-bond acceptors (Lipinski definition) is 4. The van der Waals surface area contributed by atoms with Gasteiger partial charge in [-0.15, -0.1) is 0 Å². The number of thioether (sulfide) groups is 1. The largest absolute Gasteiger partial charge is 0.476 e. The smallest absolute Gasteiger partial charge is 0.355 e. The quantitative estimate of drug-likeness (QED) is 0.479. The normalized spacial score (nSPS) is 14.1. The summed E-state index contributed by atoms with van der Waals surface area (Å²) in [6.45, 7) is 0. The fourth-order valence-corrected chi connectivity index (χ4v) is 1.47. The van der Waals surface area contributed by atoms with Crippen molar-refractivity contribution in [1.82, 2.24) is 9.97 Å². The first-order valence-corrected chi connectivity index (χ1v) is 6.09. The lowest BCUT2D eigenvalue weighted by atomic mass is 10.2. The predicted octanol–water partition coefficient (Wildman–Crippen LogP) is 1.66. The average molecular weight is 234 g/mol. The molecule has 1 saturated carbocycles. The molecule has 2 rings (SSSR count). The Kier molecular flexibility index (Phi) is 3.11. The van der Waals surface area contributed by atoms with Crippen molar-refractivity contribution in [2.75, 3.05) is 6.26 Å². The molecular weight excluding hydrogens is 224 g/mol. The molecular formula is C11H10N2O2S. The van der Waals surface area contributed by atoms with E-state index in [-0.39, 0.29) is 5.69 Å². The Balaban J connectivity index is 2.36. The van der Waals surface area contributed by atoms with Gasteiger partial charge in [-0.3, -0.25) is 0 Å². The topological polar surface area (TPSA) is 63.1 Å². The van der Waals surface area contributed by atoms with Crippen LogP contribution in [0.2, 0.25) is 0 Å². The molecule has 82 valence electrons. The van der Waals surface area contributed by atoms with Crippen molar-refractivity contribution in [2.24, 2.45) is 5.92 Å². The Bertz CT molecular complexity index is 486. The molecule has 0 spiro atoms. The van der Waals surface area contributed by atoms with Crippen molar-refractivity contribution in [1.29, 1.82) is 0 Å². The van der Waals surface area contributed by atoms with Gasteiger partial charge in [-0.25, -0.2) is 14.8 Å². The van der Waals surface area contributed by atoms with Gasteiger partial charge in [-0.2, -0.15) is 0 Å². The van der Waals surface area contributed by atoms with Gasteiger partial charge in [0, 0.05) is 12.1 Å². The molecule has 0 aliphatic heterocycles. The van der Waals surface area contributed by atoms with Crippen LogP contribution in [0.3, 0.4) is 0 Å². The van der Waals surface area contributed by atoms with E-state index in [1.807, 2.05) is 0 Å². The zero-order valence-electron chi connectivity index (χ0n) is 8.73. The number of nitrogens with zero attached hydrogens (tertiary/aromatic N) is 2. The Morgan fingerprint density at radius 2 is 2.38 bits per heavy atom. The molecule has 1 N–H and O–H groups in total. The summed E-state index contributed by atoms with van der Waals surface area (Å²) in [5.41, 5.74) is 0.393. The number of carboxylic acid groups (broad SMARTS) is 1. The predicted molar refractivity (Wildman–Crippen MR) is 60.4 cm³/mol. The van der Waals surface area contributed by atoms with Gasteiger partial charge in [-0.1, -0.05) is 23.6 Å². The minimum absolute atomic E-state index is 0.00694. The maximum atomic E-state index is 11.0. The summed E-state index contributed by atoms with van der Waals surface area (Å²) in [5, 5.41) is 9.45. The Morgan fingerprint density at radius 1 is 1.62 bits per heavy atom. The number of hydrogen-bond donors (Lipinski definition) is 1. The molecule has 1 aromatic heterocycles. The van der Waals surface area contributed by atoms with E-state index >= 15 is 0 Å². The SMILES string of the molecule is CSc1ncc(C#CC2CC2)c(C(=O)O)n1. The lowest BCUT2D eigenvalue weighted by Gasteiger charge is -1.99. The second-order valence-electron chi connectivity index (χ2n) is 3.47. The third-order valence-electron chi connectivity index (χ3n) is 2.14. The number of rotatable bonds is 2. The molecule has 0 bridgehead atoms. The van der Waals surface area contributed by atoms with Crippen molar-refractivity contribution in [2.45, 2.75) is 18.0 Å². The molecule has 1 fully saturated rings. The molecule has 0 atom stereocenters. The van der Waals surface area contributed by atoms with Crippen LogP contribution in [0, 0.1) is 17.8 Å². The van der Waals surface area contributed by atoms with Gasteiger partial charge in [0.15, 0.2) is 10.9 Å². The fraction of sp³-hybridized carbons (Fsp3) is 0.364. The van der Waals surface area contributed by atoms with Gasteiger partial charge in [0.05, 0.1) is 5.56 Å². The first-order chi connectivity index (χ1) is 7.70. The maximum absolute atomic E-state index is 11.0. The first kappa shape index (κ1) is 11.0. The van der Waals surface area contributed by atoms with Crippen LogP contribution in [0.4, 0.5) is 0 Å². The number of carbonyl (C=O) groups is 1. The monoisotopic (exact) mass is 234 g/mol. The Labute approximate surface area is 97.5 Å². The molecule has 1 aromatic rings. The van der Waals surface area contributed by atoms with Crippen LogP contribution in [0.5, 0.6) is 0 Å². The summed E-state index contributed by atoms with van der Waals surface area (Å²) in [6, 6.07) is 0. The number of aromatic nitrogens is 2. The number of carboxylic acids is 1. The second kappa shape index (κ2) is 4.54. The third-order valence-corrected chi connectivity index (χ3v) is 2.70. The summed E-state index contributed by atoms with van der Waals surface area (Å²) in [7, 11) is 0. The summed E-state index contributed by atoms with van der Waals surface area (Å²) in [4.78, 5) is 18.9. The van der Waals surface area contributed by atoms with Crippen LogP contribution in [0.1, 0.15) is 28.9 Å². The highest BCUT2D eigenvalue weighted by atomic mass is 32.2. The number of aromatic carboxylic acids is 1. The van der Waals surface area contributed by atoms with Crippen LogP contribution < -0.4 is 0 Å². The van der Waals surface area contributed by atoms with Crippen LogP contribution in [0.25, 0.3) is 0 Å². The Hall–Kier alpha value is -1.54. The first-order valence-electron chi connectivity index (χ1n) is 4.86. The highest BCUT2D eigenvalue weighted by molar-refractivity contribution is 7.98. The van der Waals surface area contributed by atoms with Crippen LogP contribution in [-0.2, 0) is 0 Å². The Morgan fingerprint density at radius 3 is 2.94 bits per heavy atom. The van der Waals surface area contributed by atoms with Crippen molar-refractivity contribution in [3.63, 3.8) is 0 Å². The van der Waals surface area contributed by atoms with E-state index in [9.17, 15) is 4.79 Å². The van der Waals surface area contributed by atoms with Crippen molar-refractivity contribution < 1.29 is 9.90 Å².